The summed E-state index contributed by atoms with van der Waals surface area (Å²) in [6.07, 6.45) is 4.47. The van der Waals surface area contributed by atoms with Gasteiger partial charge < -0.3 is 14.2 Å². The van der Waals surface area contributed by atoms with E-state index in [0.29, 0.717) is 27.6 Å². The van der Waals surface area contributed by atoms with E-state index in [0.717, 1.165) is 11.1 Å². The number of esters is 1. The number of nitrogens with zero attached hydrogens (tertiary/aromatic N) is 1. The van der Waals surface area contributed by atoms with E-state index < -0.39 is 11.9 Å². The number of amides is 1. The molecule has 7 nitrogen and oxygen atoms in total. The first kappa shape index (κ1) is 27.2. The standard InChI is InChI=1S/C31H25ClN2O5/c1-37-29-19-24(13-17-28(29)39-30(35)18-14-22-7-3-2-4-8-22)20-33-34-31(36)26-9-5-6-10-27(26)38-21-23-11-15-25(32)16-12-23/h2-20H,21H2,1H3,(H,34,36). The maximum atomic E-state index is 12.8. The van der Waals surface area contributed by atoms with Gasteiger partial charge in [-0.1, -0.05) is 66.2 Å². The van der Waals surface area contributed by atoms with Crippen LogP contribution in [0.5, 0.6) is 17.2 Å². The molecule has 4 rings (SSSR count). The molecule has 1 amide bonds. The lowest BCUT2D eigenvalue weighted by Gasteiger charge is -2.11. The minimum Gasteiger partial charge on any atom is -0.493 e. The number of ether oxygens (including phenoxy) is 3. The molecule has 39 heavy (non-hydrogen) atoms. The summed E-state index contributed by atoms with van der Waals surface area (Å²) in [5.74, 6) is 0.0543. The molecular formula is C31H25ClN2O5. The lowest BCUT2D eigenvalue weighted by Crippen LogP contribution is -2.18. The fourth-order valence-electron chi connectivity index (χ4n) is 3.47. The van der Waals surface area contributed by atoms with Crippen molar-refractivity contribution in [2.45, 2.75) is 6.61 Å². The number of hydrogen-bond acceptors (Lipinski definition) is 6. The molecule has 0 aromatic heterocycles. The molecule has 0 radical (unpaired) electrons. The fourth-order valence-corrected chi connectivity index (χ4v) is 3.59. The summed E-state index contributed by atoms with van der Waals surface area (Å²) >= 11 is 5.93. The van der Waals surface area contributed by atoms with Crippen molar-refractivity contribution in [1.82, 2.24) is 5.43 Å². The monoisotopic (exact) mass is 540 g/mol. The first-order valence-electron chi connectivity index (χ1n) is 11.9. The van der Waals surface area contributed by atoms with Gasteiger partial charge in [0.1, 0.15) is 12.4 Å². The molecule has 0 heterocycles. The predicted octanol–water partition coefficient (Wildman–Crippen LogP) is 6.31. The zero-order valence-electron chi connectivity index (χ0n) is 21.0. The van der Waals surface area contributed by atoms with Crippen LogP contribution >= 0.6 is 11.6 Å². The number of halogens is 1. The second-order valence-electron chi connectivity index (χ2n) is 8.19. The van der Waals surface area contributed by atoms with E-state index in [2.05, 4.69) is 10.5 Å². The highest BCUT2D eigenvalue weighted by molar-refractivity contribution is 6.30. The number of para-hydroxylation sites is 1. The highest BCUT2D eigenvalue weighted by atomic mass is 35.5. The Hall–Kier alpha value is -4.88. The lowest BCUT2D eigenvalue weighted by molar-refractivity contribution is -0.129. The van der Waals surface area contributed by atoms with Crippen LogP contribution in [0.15, 0.2) is 108 Å². The largest absolute Gasteiger partial charge is 0.493 e. The van der Waals surface area contributed by atoms with Crippen molar-refractivity contribution in [3.05, 3.63) is 130 Å². The molecule has 0 saturated carbocycles. The Bertz CT molecular complexity index is 1480. The minimum absolute atomic E-state index is 0.258. The van der Waals surface area contributed by atoms with Crippen LogP contribution in [0.3, 0.4) is 0 Å². The second kappa shape index (κ2) is 13.6. The molecule has 0 aliphatic rings. The van der Waals surface area contributed by atoms with E-state index in [4.69, 9.17) is 25.8 Å². The molecule has 4 aromatic carbocycles. The average Bonchev–Trinajstić information content (AvgIpc) is 2.97. The van der Waals surface area contributed by atoms with E-state index in [1.165, 1.54) is 19.4 Å². The lowest BCUT2D eigenvalue weighted by atomic mass is 10.2. The highest BCUT2D eigenvalue weighted by Gasteiger charge is 2.12. The van der Waals surface area contributed by atoms with Crippen molar-refractivity contribution >= 4 is 35.8 Å². The Balaban J connectivity index is 1.36. The Labute approximate surface area is 231 Å². The number of nitrogens with one attached hydrogen (secondary N) is 1. The van der Waals surface area contributed by atoms with Gasteiger partial charge in [-0.2, -0.15) is 5.10 Å². The molecule has 0 bridgehead atoms. The quantitative estimate of drug-likeness (QED) is 0.0837. The SMILES string of the molecule is COc1cc(C=NNC(=O)c2ccccc2OCc2ccc(Cl)cc2)ccc1OC(=O)C=Cc1ccccc1. The van der Waals surface area contributed by atoms with Crippen LogP contribution in [0.4, 0.5) is 0 Å². The molecule has 8 heteroatoms. The third-order valence-electron chi connectivity index (χ3n) is 5.43. The number of hydrazone groups is 1. The van der Waals surface area contributed by atoms with E-state index in [1.807, 2.05) is 42.5 Å². The Morgan fingerprint density at radius 2 is 1.59 bits per heavy atom. The van der Waals surface area contributed by atoms with Crippen molar-refractivity contribution in [3.63, 3.8) is 0 Å². The van der Waals surface area contributed by atoms with Gasteiger partial charge in [0.05, 0.1) is 18.9 Å². The van der Waals surface area contributed by atoms with Gasteiger partial charge in [0.15, 0.2) is 11.5 Å². The summed E-state index contributed by atoms with van der Waals surface area (Å²) in [7, 11) is 1.47. The second-order valence-corrected chi connectivity index (χ2v) is 8.62. The van der Waals surface area contributed by atoms with Crippen LogP contribution in [0.2, 0.25) is 5.02 Å². The van der Waals surface area contributed by atoms with Crippen molar-refractivity contribution in [1.29, 1.82) is 0 Å². The van der Waals surface area contributed by atoms with Crippen LogP contribution in [-0.2, 0) is 11.4 Å². The van der Waals surface area contributed by atoms with Gasteiger partial charge in [-0.05, 0) is 65.2 Å². The van der Waals surface area contributed by atoms with Gasteiger partial charge in [-0.3, -0.25) is 4.79 Å². The molecule has 0 unspecified atom stereocenters. The van der Waals surface area contributed by atoms with Crippen molar-refractivity contribution in [3.8, 4) is 17.2 Å². The van der Waals surface area contributed by atoms with Crippen molar-refractivity contribution in [2.24, 2.45) is 5.10 Å². The Morgan fingerprint density at radius 1 is 0.846 bits per heavy atom. The van der Waals surface area contributed by atoms with Gasteiger partial charge >= 0.3 is 5.97 Å². The zero-order valence-corrected chi connectivity index (χ0v) is 21.8. The molecule has 0 fully saturated rings. The van der Waals surface area contributed by atoms with Crippen LogP contribution in [-0.4, -0.2) is 25.2 Å². The van der Waals surface area contributed by atoms with Gasteiger partial charge in [-0.15, -0.1) is 0 Å². The van der Waals surface area contributed by atoms with Crippen LogP contribution in [0.1, 0.15) is 27.0 Å². The summed E-state index contributed by atoms with van der Waals surface area (Å²) in [5, 5.41) is 4.69. The molecule has 4 aromatic rings. The number of carbonyl (C=O) groups excluding carboxylic acids is 2. The maximum absolute atomic E-state index is 12.8. The molecule has 1 N–H and O–H groups in total. The molecule has 0 spiro atoms. The highest BCUT2D eigenvalue weighted by Crippen LogP contribution is 2.28. The number of rotatable bonds is 10. The molecule has 0 aliphatic heterocycles. The maximum Gasteiger partial charge on any atom is 0.336 e. The number of methoxy groups -OCH3 is 1. The van der Waals surface area contributed by atoms with Gasteiger partial charge in [0, 0.05) is 11.1 Å². The molecular weight excluding hydrogens is 516 g/mol. The first-order chi connectivity index (χ1) is 19.0. The normalized spacial score (nSPS) is 10.9. The van der Waals surface area contributed by atoms with Gasteiger partial charge in [0.25, 0.3) is 5.91 Å². The minimum atomic E-state index is -0.539. The summed E-state index contributed by atoms with van der Waals surface area (Å²) in [5.41, 5.74) is 5.27. The van der Waals surface area contributed by atoms with Gasteiger partial charge in [0.2, 0.25) is 0 Å². The third-order valence-corrected chi connectivity index (χ3v) is 5.68. The van der Waals surface area contributed by atoms with Crippen molar-refractivity contribution < 1.29 is 23.8 Å². The van der Waals surface area contributed by atoms with Crippen molar-refractivity contribution in [2.75, 3.05) is 7.11 Å². The molecule has 0 atom stereocenters. The van der Waals surface area contributed by atoms with Crippen LogP contribution in [0, 0.1) is 0 Å². The summed E-state index contributed by atoms with van der Waals surface area (Å²) in [6, 6.07) is 28.5. The topological polar surface area (TPSA) is 86.2 Å². The fraction of sp³-hybridized carbons (Fsp3) is 0.0645. The predicted molar refractivity (Wildman–Crippen MR) is 151 cm³/mol. The van der Waals surface area contributed by atoms with E-state index in [-0.39, 0.29) is 12.4 Å². The number of benzene rings is 4. The first-order valence-corrected chi connectivity index (χ1v) is 12.3. The summed E-state index contributed by atoms with van der Waals surface area (Å²) in [4.78, 5) is 25.0. The number of hydrogen-bond donors (Lipinski definition) is 1. The van der Waals surface area contributed by atoms with Crippen LogP contribution < -0.4 is 19.6 Å². The number of carbonyl (C=O) groups is 2. The van der Waals surface area contributed by atoms with E-state index >= 15 is 0 Å². The zero-order chi connectivity index (χ0) is 27.5. The smallest absolute Gasteiger partial charge is 0.336 e. The third kappa shape index (κ3) is 8.05. The summed E-state index contributed by atoms with van der Waals surface area (Å²) < 4.78 is 16.6. The average molecular weight is 541 g/mol. The Morgan fingerprint density at radius 3 is 2.36 bits per heavy atom. The molecule has 0 saturated heterocycles. The molecule has 196 valence electrons. The van der Waals surface area contributed by atoms with E-state index in [9.17, 15) is 9.59 Å². The van der Waals surface area contributed by atoms with E-state index in [1.54, 1.807) is 60.7 Å². The van der Waals surface area contributed by atoms with Crippen LogP contribution in [0.25, 0.3) is 6.08 Å². The summed E-state index contributed by atoms with van der Waals surface area (Å²) in [6.45, 7) is 0.281. The van der Waals surface area contributed by atoms with Gasteiger partial charge in [-0.25, -0.2) is 10.2 Å². The molecule has 0 aliphatic carbocycles. The Kier molecular flexibility index (Phi) is 9.47.